The van der Waals surface area contributed by atoms with Gasteiger partial charge in [0.15, 0.2) is 4.32 Å². The summed E-state index contributed by atoms with van der Waals surface area (Å²) in [5.41, 5.74) is 1.45. The Kier molecular flexibility index (Phi) is 5.48. The monoisotopic (exact) mass is 423 g/mol. The number of para-hydroxylation sites is 2. The van der Waals surface area contributed by atoms with Crippen LogP contribution in [0, 0.1) is 0 Å². The van der Waals surface area contributed by atoms with Crippen LogP contribution in [0.25, 0.3) is 6.08 Å². The molecule has 138 valence electrons. The summed E-state index contributed by atoms with van der Waals surface area (Å²) in [6.07, 6.45) is 1.81. The number of rotatable bonds is 4. The first kappa shape index (κ1) is 18.7. The number of thiocarbonyl (C=S) groups is 1. The second-order valence-corrected chi connectivity index (χ2v) is 8.04. The van der Waals surface area contributed by atoms with Gasteiger partial charge in [-0.25, -0.2) is 0 Å². The number of anilines is 1. The molecule has 1 heterocycles. The van der Waals surface area contributed by atoms with Gasteiger partial charge in [-0.15, -0.1) is 0 Å². The molecule has 0 unspecified atom stereocenters. The lowest BCUT2D eigenvalue weighted by atomic mass is 10.2. The number of thioether (sulfide) groups is 1. The summed E-state index contributed by atoms with van der Waals surface area (Å²) in [5.74, 6) is 1.27. The van der Waals surface area contributed by atoms with Crippen molar-refractivity contribution in [2.45, 2.75) is 0 Å². The van der Waals surface area contributed by atoms with Crippen molar-refractivity contribution in [2.24, 2.45) is 0 Å². The van der Waals surface area contributed by atoms with Crippen molar-refractivity contribution in [3.63, 3.8) is 0 Å². The summed E-state index contributed by atoms with van der Waals surface area (Å²) in [5, 5.41) is 0.485. The summed E-state index contributed by atoms with van der Waals surface area (Å²) < 4.78 is 6.32. The minimum Gasteiger partial charge on any atom is -0.457 e. The highest BCUT2D eigenvalue weighted by molar-refractivity contribution is 8.27. The number of ether oxygens (including phenoxy) is 1. The Morgan fingerprint density at radius 1 is 0.929 bits per heavy atom. The van der Waals surface area contributed by atoms with Gasteiger partial charge in [0.05, 0.1) is 15.6 Å². The Hall–Kier alpha value is -2.60. The maximum atomic E-state index is 12.9. The van der Waals surface area contributed by atoms with Gasteiger partial charge in [0.25, 0.3) is 5.91 Å². The maximum absolute atomic E-state index is 12.9. The van der Waals surface area contributed by atoms with Gasteiger partial charge in [0.2, 0.25) is 0 Å². The molecule has 0 spiro atoms. The molecule has 0 atom stereocenters. The molecule has 3 aromatic carbocycles. The van der Waals surface area contributed by atoms with Crippen molar-refractivity contribution in [1.82, 2.24) is 0 Å². The summed E-state index contributed by atoms with van der Waals surface area (Å²) in [7, 11) is 0. The Balaban J connectivity index is 1.60. The molecule has 3 nitrogen and oxygen atoms in total. The van der Waals surface area contributed by atoms with Crippen molar-refractivity contribution in [3.8, 4) is 11.5 Å². The van der Waals surface area contributed by atoms with Crippen LogP contribution in [0.4, 0.5) is 5.69 Å². The first-order valence-electron chi connectivity index (χ1n) is 8.47. The molecule has 1 aliphatic heterocycles. The van der Waals surface area contributed by atoms with Crippen LogP contribution in [0.5, 0.6) is 11.5 Å². The zero-order valence-corrected chi connectivity index (χ0v) is 16.9. The van der Waals surface area contributed by atoms with E-state index in [-0.39, 0.29) is 5.91 Å². The molecule has 0 aliphatic carbocycles. The van der Waals surface area contributed by atoms with Crippen LogP contribution in [0.15, 0.2) is 83.8 Å². The van der Waals surface area contributed by atoms with E-state index >= 15 is 0 Å². The van der Waals surface area contributed by atoms with E-state index < -0.39 is 0 Å². The molecule has 28 heavy (non-hydrogen) atoms. The molecular weight excluding hydrogens is 410 g/mol. The van der Waals surface area contributed by atoms with E-state index in [4.69, 9.17) is 28.6 Å². The minimum atomic E-state index is -0.183. The minimum absolute atomic E-state index is 0.183. The van der Waals surface area contributed by atoms with E-state index in [0.717, 1.165) is 11.3 Å². The second-order valence-electron chi connectivity index (χ2n) is 5.96. The Morgan fingerprint density at radius 3 is 2.43 bits per heavy atom. The van der Waals surface area contributed by atoms with E-state index in [9.17, 15) is 4.79 Å². The van der Waals surface area contributed by atoms with Crippen LogP contribution in [-0.2, 0) is 4.79 Å². The number of nitrogens with zero attached hydrogens (tertiary/aromatic N) is 1. The highest BCUT2D eigenvalue weighted by atomic mass is 35.5. The molecule has 1 amide bonds. The number of hydrogen-bond donors (Lipinski definition) is 0. The number of carbonyl (C=O) groups is 1. The zero-order chi connectivity index (χ0) is 19.5. The molecule has 6 heteroatoms. The van der Waals surface area contributed by atoms with Gasteiger partial charge < -0.3 is 4.74 Å². The zero-order valence-electron chi connectivity index (χ0n) is 14.5. The number of benzene rings is 3. The first-order chi connectivity index (χ1) is 13.6. The van der Waals surface area contributed by atoms with Crippen molar-refractivity contribution < 1.29 is 9.53 Å². The molecule has 1 saturated heterocycles. The number of hydrogen-bond acceptors (Lipinski definition) is 4. The lowest BCUT2D eigenvalue weighted by Gasteiger charge is -2.15. The summed E-state index contributed by atoms with van der Waals surface area (Å²) in [6, 6.07) is 24.3. The van der Waals surface area contributed by atoms with Gasteiger partial charge in [-0.3, -0.25) is 9.69 Å². The highest BCUT2D eigenvalue weighted by Crippen LogP contribution is 2.39. The first-order valence-corrected chi connectivity index (χ1v) is 10.1. The standard InChI is InChI=1S/C22H14ClNO2S2/c23-18-11-4-5-12-19(18)24-21(25)20(28-22(24)27)14-15-7-6-10-17(13-15)26-16-8-2-1-3-9-16/h1-14H/b20-14+. The van der Waals surface area contributed by atoms with Crippen molar-refractivity contribution in [2.75, 3.05) is 4.90 Å². The Morgan fingerprint density at radius 2 is 1.64 bits per heavy atom. The fourth-order valence-corrected chi connectivity index (χ4v) is 4.26. The van der Waals surface area contributed by atoms with Gasteiger partial charge >= 0.3 is 0 Å². The molecule has 1 aliphatic rings. The van der Waals surface area contributed by atoms with Crippen LogP contribution < -0.4 is 9.64 Å². The van der Waals surface area contributed by atoms with Crippen molar-refractivity contribution in [1.29, 1.82) is 0 Å². The van der Waals surface area contributed by atoms with Crippen LogP contribution in [0.1, 0.15) is 5.56 Å². The molecule has 4 rings (SSSR count). The van der Waals surface area contributed by atoms with Crippen LogP contribution >= 0.6 is 35.6 Å². The lowest BCUT2D eigenvalue weighted by Crippen LogP contribution is -2.27. The number of halogens is 1. The number of amides is 1. The third kappa shape index (κ3) is 3.97. The molecule has 1 fully saturated rings. The van der Waals surface area contributed by atoms with Crippen molar-refractivity contribution >= 4 is 57.6 Å². The van der Waals surface area contributed by atoms with Crippen LogP contribution in [0.2, 0.25) is 5.02 Å². The summed E-state index contributed by atoms with van der Waals surface area (Å²) in [4.78, 5) is 14.9. The third-order valence-electron chi connectivity index (χ3n) is 4.02. The van der Waals surface area contributed by atoms with E-state index in [1.807, 2.05) is 72.8 Å². The summed E-state index contributed by atoms with van der Waals surface area (Å²) in [6.45, 7) is 0. The highest BCUT2D eigenvalue weighted by Gasteiger charge is 2.34. The van der Waals surface area contributed by atoms with E-state index in [1.165, 1.54) is 16.7 Å². The van der Waals surface area contributed by atoms with Gasteiger partial charge in [-0.1, -0.05) is 78.0 Å². The smallest absolute Gasteiger partial charge is 0.270 e. The fourth-order valence-electron chi connectivity index (χ4n) is 2.75. The molecular formula is C22H14ClNO2S2. The van der Waals surface area contributed by atoms with Crippen LogP contribution in [-0.4, -0.2) is 10.2 Å². The van der Waals surface area contributed by atoms with E-state index in [1.54, 1.807) is 12.1 Å². The van der Waals surface area contributed by atoms with Crippen LogP contribution in [0.3, 0.4) is 0 Å². The van der Waals surface area contributed by atoms with Gasteiger partial charge in [-0.2, -0.15) is 0 Å². The lowest BCUT2D eigenvalue weighted by molar-refractivity contribution is -0.113. The predicted octanol–water partition coefficient (Wildman–Crippen LogP) is 6.54. The van der Waals surface area contributed by atoms with Gasteiger partial charge in [-0.05, 0) is 48.0 Å². The summed E-state index contributed by atoms with van der Waals surface area (Å²) >= 11 is 12.9. The molecule has 3 aromatic rings. The number of carbonyl (C=O) groups excluding carboxylic acids is 1. The largest absolute Gasteiger partial charge is 0.457 e. The Bertz CT molecular complexity index is 1080. The second kappa shape index (κ2) is 8.19. The average molecular weight is 424 g/mol. The van der Waals surface area contributed by atoms with Gasteiger partial charge in [0, 0.05) is 0 Å². The van der Waals surface area contributed by atoms with E-state index in [2.05, 4.69) is 0 Å². The normalized spacial score (nSPS) is 15.3. The van der Waals surface area contributed by atoms with Crippen molar-refractivity contribution in [3.05, 3.63) is 94.4 Å². The SMILES string of the molecule is O=C1/C(=C\c2cccc(Oc3ccccc3)c2)SC(=S)N1c1ccccc1Cl. The molecule has 0 N–H and O–H groups in total. The fraction of sp³-hybridized carbons (Fsp3) is 0. The van der Waals surface area contributed by atoms with E-state index in [0.29, 0.717) is 25.7 Å². The third-order valence-corrected chi connectivity index (χ3v) is 5.64. The molecule has 0 radical (unpaired) electrons. The van der Waals surface area contributed by atoms with Gasteiger partial charge in [0.1, 0.15) is 11.5 Å². The maximum Gasteiger partial charge on any atom is 0.270 e. The molecule has 0 aromatic heterocycles. The molecule has 0 saturated carbocycles. The quantitative estimate of drug-likeness (QED) is 0.352. The molecule has 0 bridgehead atoms. The average Bonchev–Trinajstić information content (AvgIpc) is 2.97. The topological polar surface area (TPSA) is 29.5 Å². The Labute approximate surface area is 177 Å². The predicted molar refractivity (Wildman–Crippen MR) is 120 cm³/mol.